The Hall–Kier alpha value is -2.62. The van der Waals surface area contributed by atoms with Crippen molar-refractivity contribution in [2.45, 2.75) is 63.7 Å². The van der Waals surface area contributed by atoms with Crippen LogP contribution >= 0.6 is 21.6 Å². The molecule has 2 N–H and O–H groups in total. The maximum Gasteiger partial charge on any atom is 0.337 e. The molecule has 0 saturated heterocycles. The highest BCUT2D eigenvalue weighted by Crippen LogP contribution is 2.41. The molecule has 0 aromatic rings. The van der Waals surface area contributed by atoms with Crippen LogP contribution in [0.15, 0.2) is 46.3 Å². The fourth-order valence-corrected chi connectivity index (χ4v) is 5.45. The number of allylic oxidation sites excluding steroid dienone is 2. The van der Waals surface area contributed by atoms with Crippen LogP contribution in [-0.4, -0.2) is 83.3 Å². The van der Waals surface area contributed by atoms with Crippen molar-refractivity contribution >= 4 is 45.5 Å². The number of ether oxygens (including phenoxy) is 6. The van der Waals surface area contributed by atoms with E-state index in [0.717, 1.165) is 9.81 Å². The van der Waals surface area contributed by atoms with Crippen molar-refractivity contribution in [3.63, 3.8) is 0 Å². The summed E-state index contributed by atoms with van der Waals surface area (Å²) in [5.41, 5.74) is 0. The van der Waals surface area contributed by atoms with E-state index in [-0.39, 0.29) is 13.2 Å². The average Bonchev–Trinajstić information content (AvgIpc) is 2.84. The van der Waals surface area contributed by atoms with Crippen LogP contribution in [-0.2, 0) is 47.6 Å². The van der Waals surface area contributed by atoms with Crippen LogP contribution in [0.25, 0.3) is 0 Å². The average molecular weight is 573 g/mol. The Morgan fingerprint density at radius 1 is 0.789 bits per heavy atom. The Balaban J connectivity index is 1.56. The first kappa shape index (κ1) is 29.9. The molecule has 0 aromatic carbocycles. The predicted molar refractivity (Wildman–Crippen MR) is 134 cm³/mol. The molecule has 208 valence electrons. The zero-order chi connectivity index (χ0) is 28.1. The summed E-state index contributed by atoms with van der Waals surface area (Å²) in [6.07, 6.45) is 4.54. The number of carbonyl (C=O) groups is 4. The lowest BCUT2D eigenvalue weighted by atomic mass is 10.1. The summed E-state index contributed by atoms with van der Waals surface area (Å²) < 4.78 is 32.8. The predicted octanol–water partition coefficient (Wildman–Crippen LogP) is 2.56. The monoisotopic (exact) mass is 572 g/mol. The highest BCUT2D eigenvalue weighted by Gasteiger charge is 2.42. The zero-order valence-corrected chi connectivity index (χ0v) is 22.6. The molecule has 0 fully saturated rings. The van der Waals surface area contributed by atoms with Gasteiger partial charge in [0.15, 0.2) is 36.0 Å². The Kier molecular flexibility index (Phi) is 9.84. The quantitative estimate of drug-likeness (QED) is 0.223. The molecule has 3 heterocycles. The second-order valence-electron chi connectivity index (χ2n) is 8.66. The topological polar surface area (TPSA) is 164 Å². The second-order valence-corrected chi connectivity index (χ2v) is 11.0. The first-order valence-electron chi connectivity index (χ1n) is 11.4. The summed E-state index contributed by atoms with van der Waals surface area (Å²) in [4.78, 5) is 47.3. The largest absolute Gasteiger partial charge is 0.479 e. The van der Waals surface area contributed by atoms with Crippen LogP contribution in [0, 0.1) is 0 Å². The molecule has 0 saturated carbocycles. The number of carboxylic acid groups (broad SMARTS) is 2. The van der Waals surface area contributed by atoms with Gasteiger partial charge in [-0.2, -0.15) is 0 Å². The van der Waals surface area contributed by atoms with Crippen molar-refractivity contribution in [2.24, 2.45) is 0 Å². The molecular weight excluding hydrogens is 544 g/mol. The summed E-state index contributed by atoms with van der Waals surface area (Å²) in [5.74, 6) is -6.51. The smallest absolute Gasteiger partial charge is 0.337 e. The number of hydrogen-bond acceptors (Lipinski definition) is 12. The van der Waals surface area contributed by atoms with E-state index in [9.17, 15) is 29.4 Å². The van der Waals surface area contributed by atoms with Crippen molar-refractivity contribution < 1.29 is 57.8 Å². The van der Waals surface area contributed by atoms with Gasteiger partial charge in [0.1, 0.15) is 0 Å². The maximum atomic E-state index is 11.6. The molecule has 3 rings (SSSR count). The molecule has 0 radical (unpaired) electrons. The van der Waals surface area contributed by atoms with E-state index in [0.29, 0.717) is 0 Å². The van der Waals surface area contributed by atoms with Gasteiger partial charge < -0.3 is 38.6 Å². The fourth-order valence-electron chi connectivity index (χ4n) is 3.51. The summed E-state index contributed by atoms with van der Waals surface area (Å²) in [6, 6.07) is 0. The fraction of sp³-hybridized carbons (Fsp3) is 0.500. The Morgan fingerprint density at radius 3 is 1.45 bits per heavy atom. The van der Waals surface area contributed by atoms with Crippen molar-refractivity contribution in [3.8, 4) is 0 Å². The Morgan fingerprint density at radius 2 is 1.16 bits per heavy atom. The maximum absolute atomic E-state index is 11.6. The highest BCUT2D eigenvalue weighted by atomic mass is 33.1. The van der Waals surface area contributed by atoms with Crippen molar-refractivity contribution in [2.75, 3.05) is 13.2 Å². The van der Waals surface area contributed by atoms with Gasteiger partial charge in [0.25, 0.3) is 0 Å². The molecule has 0 aromatic heterocycles. The number of rotatable bonds is 10. The van der Waals surface area contributed by atoms with Gasteiger partial charge >= 0.3 is 23.9 Å². The number of esters is 2. The first-order valence-corrected chi connectivity index (χ1v) is 13.5. The van der Waals surface area contributed by atoms with Gasteiger partial charge in [-0.25, -0.2) is 9.59 Å². The Labute approximate surface area is 226 Å². The molecule has 12 nitrogen and oxygen atoms in total. The third-order valence-electron chi connectivity index (χ3n) is 5.30. The van der Waals surface area contributed by atoms with Crippen molar-refractivity contribution in [3.05, 3.63) is 46.3 Å². The van der Waals surface area contributed by atoms with Gasteiger partial charge in [0, 0.05) is 23.7 Å². The van der Waals surface area contributed by atoms with Crippen LogP contribution in [0.1, 0.15) is 27.7 Å². The van der Waals surface area contributed by atoms with E-state index in [1.807, 2.05) is 12.2 Å². The molecule has 0 unspecified atom stereocenters. The molecule has 38 heavy (non-hydrogen) atoms. The standard InChI is InChI=1S/C24H28O12S2/c1-13(25)33-17-7-9-23(3,35-19(17)21(27)28)31-11-15-5-6-16(38-37-15)12-32-24(4)10-8-18(34-14(2)26)20(36-24)22(29)30/h5-10,17-20H,11-12H2,1-4H3,(H,27,28)(H,29,30)/t17-,18-,19-,20-,23-,24-/m0/s1. The van der Waals surface area contributed by atoms with E-state index in [1.165, 1.54) is 59.7 Å². The van der Waals surface area contributed by atoms with E-state index in [2.05, 4.69) is 0 Å². The second kappa shape index (κ2) is 12.5. The lowest BCUT2D eigenvalue weighted by Crippen LogP contribution is -2.49. The highest BCUT2D eigenvalue weighted by molar-refractivity contribution is 8.79. The molecule has 0 aliphatic carbocycles. The third kappa shape index (κ3) is 8.19. The van der Waals surface area contributed by atoms with Crippen LogP contribution in [0.3, 0.4) is 0 Å². The third-order valence-corrected chi connectivity index (χ3v) is 7.85. The minimum Gasteiger partial charge on any atom is -0.479 e. The number of hydrogen-bond donors (Lipinski definition) is 2. The van der Waals surface area contributed by atoms with Gasteiger partial charge in [-0.1, -0.05) is 21.6 Å². The van der Waals surface area contributed by atoms with Gasteiger partial charge in [-0.15, -0.1) is 0 Å². The van der Waals surface area contributed by atoms with Gasteiger partial charge in [-0.05, 0) is 50.3 Å². The number of carbonyl (C=O) groups excluding carboxylic acids is 2. The molecule has 6 atom stereocenters. The number of aliphatic carboxylic acids is 2. The van der Waals surface area contributed by atoms with Crippen molar-refractivity contribution in [1.29, 1.82) is 0 Å². The molecule has 3 aliphatic heterocycles. The molecule has 0 amide bonds. The molecule has 14 heteroatoms. The van der Waals surface area contributed by atoms with E-state index in [1.54, 1.807) is 13.8 Å². The van der Waals surface area contributed by atoms with Crippen molar-refractivity contribution in [1.82, 2.24) is 0 Å². The lowest BCUT2D eigenvalue weighted by Gasteiger charge is -2.36. The SMILES string of the molecule is CC(=O)O[C@H]1C=C[C@@](C)(OCC2=CC=C(CO[C@]3(C)C=C[C@H](OC(C)=O)[C@@H](C(=O)O)O3)SS2)O[C@@H]1C(=O)O. The van der Waals surface area contributed by atoms with E-state index >= 15 is 0 Å². The molecule has 0 bridgehead atoms. The van der Waals surface area contributed by atoms with Crippen LogP contribution < -0.4 is 0 Å². The van der Waals surface area contributed by atoms with Gasteiger partial charge in [0.05, 0.1) is 13.2 Å². The van der Waals surface area contributed by atoms with Gasteiger partial charge in [0.2, 0.25) is 0 Å². The van der Waals surface area contributed by atoms with Crippen LogP contribution in [0.5, 0.6) is 0 Å². The minimum atomic E-state index is -1.41. The number of carboxylic acids is 2. The van der Waals surface area contributed by atoms with Gasteiger partial charge in [-0.3, -0.25) is 9.59 Å². The molecular formula is C24H28O12S2. The van der Waals surface area contributed by atoms with E-state index in [4.69, 9.17) is 28.4 Å². The summed E-state index contributed by atoms with van der Waals surface area (Å²) >= 11 is 0. The molecule has 3 aliphatic rings. The summed E-state index contributed by atoms with van der Waals surface area (Å²) in [5, 5.41) is 18.9. The van der Waals surface area contributed by atoms with Crippen LogP contribution in [0.4, 0.5) is 0 Å². The first-order chi connectivity index (χ1) is 17.8. The summed E-state index contributed by atoms with van der Waals surface area (Å²) in [6.45, 7) is 5.73. The summed E-state index contributed by atoms with van der Waals surface area (Å²) in [7, 11) is 2.80. The zero-order valence-electron chi connectivity index (χ0n) is 21.0. The molecule has 0 spiro atoms. The van der Waals surface area contributed by atoms with Crippen LogP contribution in [0.2, 0.25) is 0 Å². The van der Waals surface area contributed by atoms with E-state index < -0.39 is 59.9 Å². The lowest BCUT2D eigenvalue weighted by molar-refractivity contribution is -0.240. The minimum absolute atomic E-state index is 0.120. The Bertz CT molecular complexity index is 998. The normalized spacial score (nSPS) is 32.6.